The molecule has 25 heteroatoms. The third-order valence-corrected chi connectivity index (χ3v) is 15.1. The molecular formula is C58H102N12O13. The number of fused-ring (bicyclic) bond motifs is 1. The number of amides is 12. The molecule has 0 aromatic heterocycles. The van der Waals surface area contributed by atoms with E-state index in [9.17, 15) is 62.6 Å². The van der Waals surface area contributed by atoms with E-state index in [2.05, 4.69) is 47.9 Å². The molecule has 0 unspecified atom stereocenters. The molecule has 25 nitrogen and oxygen atoms in total. The lowest BCUT2D eigenvalue weighted by atomic mass is 9.96. The van der Waals surface area contributed by atoms with E-state index >= 15 is 0 Å². The number of likely N-dealkylation sites (N-methyl/N-ethyl adjacent to an activating group) is 2. The van der Waals surface area contributed by atoms with Gasteiger partial charge in [0.2, 0.25) is 70.9 Å². The van der Waals surface area contributed by atoms with Crippen molar-refractivity contribution in [3.63, 3.8) is 0 Å². The zero-order chi connectivity index (χ0) is 63.5. The Morgan fingerprint density at radius 2 is 1.00 bits per heavy atom. The zero-order valence-corrected chi connectivity index (χ0v) is 52.7. The molecule has 10 N–H and O–H groups in total. The number of rotatable bonds is 12. The van der Waals surface area contributed by atoms with Crippen LogP contribution in [0.25, 0.3) is 0 Å². The summed E-state index contributed by atoms with van der Waals surface area (Å²) >= 11 is 0. The fraction of sp³-hybridized carbons (Fsp3) is 0.793. The molecule has 0 radical (unpaired) electrons. The van der Waals surface area contributed by atoms with Crippen molar-refractivity contribution in [3.8, 4) is 0 Å². The number of nitrogens with zero attached hydrogens (tertiary/aromatic N) is 3. The van der Waals surface area contributed by atoms with E-state index in [-0.39, 0.29) is 68.7 Å². The Hall–Kier alpha value is -6.40. The van der Waals surface area contributed by atoms with Crippen LogP contribution in [-0.2, 0) is 57.5 Å². The molecule has 0 bridgehead atoms. The van der Waals surface area contributed by atoms with Crippen LogP contribution >= 0.6 is 0 Å². The van der Waals surface area contributed by atoms with Crippen molar-refractivity contribution in [1.82, 2.24) is 62.6 Å². The lowest BCUT2D eigenvalue weighted by Gasteiger charge is -2.36. The van der Waals surface area contributed by atoms with Gasteiger partial charge < -0.3 is 67.7 Å². The first kappa shape index (κ1) is 72.7. The van der Waals surface area contributed by atoms with Gasteiger partial charge in [0.25, 0.3) is 0 Å². The average molecular weight is 1180 g/mol. The van der Waals surface area contributed by atoms with Crippen LogP contribution in [0.15, 0.2) is 0 Å². The summed E-state index contributed by atoms with van der Waals surface area (Å²) in [5.74, 6) is -9.85. The molecule has 2 fully saturated rings. The van der Waals surface area contributed by atoms with Gasteiger partial charge >= 0.3 is 0 Å². The SMILES string of the molecule is CC[C@H](C)[C@@H]1NC(=O)[C@H](C)NC(=O)C[C@H](C)NC(=O)[C@H](CC(C)C)NC(=O)[C@H](CC(C)C)NC(=O)[C@H](C(C)C)NC(=O)[C@H](C)N(C)C(=O)[C@H](CC(C)C)NC(=O)CNC(=O)[C@H]([C@@H](C)O)NC(=O)[C@H](CC(C)C)N(C)C(=O)[C@@H]2CCCN2C1=O. The fourth-order valence-electron chi connectivity index (χ4n) is 9.97. The second-order valence-electron chi connectivity index (χ2n) is 25.0. The number of aliphatic hydroxyl groups is 1. The maximum absolute atomic E-state index is 14.5. The van der Waals surface area contributed by atoms with Crippen molar-refractivity contribution in [2.75, 3.05) is 27.2 Å². The summed E-state index contributed by atoms with van der Waals surface area (Å²) in [5.41, 5.74) is 0. The predicted molar refractivity (Wildman–Crippen MR) is 312 cm³/mol. The van der Waals surface area contributed by atoms with Gasteiger partial charge in [0.15, 0.2) is 0 Å². The number of nitrogens with one attached hydrogen (secondary N) is 9. The van der Waals surface area contributed by atoms with E-state index in [0.29, 0.717) is 12.8 Å². The Kier molecular flexibility index (Phi) is 29.6. The molecule has 0 spiro atoms. The van der Waals surface area contributed by atoms with Crippen LogP contribution < -0.4 is 47.9 Å². The molecule has 2 heterocycles. The summed E-state index contributed by atoms with van der Waals surface area (Å²) in [7, 11) is 2.77. The Bertz CT molecular complexity index is 2280. The van der Waals surface area contributed by atoms with E-state index in [1.165, 1.54) is 44.7 Å². The highest BCUT2D eigenvalue weighted by atomic mass is 16.3. The predicted octanol–water partition coefficient (Wildman–Crippen LogP) is 0.357. The minimum Gasteiger partial charge on any atom is -0.391 e. The van der Waals surface area contributed by atoms with Gasteiger partial charge in [-0.05, 0) is 102 Å². The number of aliphatic hydroxyl groups excluding tert-OH is 1. The normalized spacial score (nSPS) is 28.6. The highest BCUT2D eigenvalue weighted by Crippen LogP contribution is 2.25. The molecule has 0 saturated carbocycles. The quantitative estimate of drug-likeness (QED) is 0.126. The van der Waals surface area contributed by atoms with Crippen LogP contribution in [0.5, 0.6) is 0 Å². The number of hydrogen-bond donors (Lipinski definition) is 10. The maximum atomic E-state index is 14.5. The molecule has 2 rings (SSSR count). The van der Waals surface area contributed by atoms with Gasteiger partial charge in [0.1, 0.15) is 60.4 Å². The molecule has 83 heavy (non-hydrogen) atoms. The van der Waals surface area contributed by atoms with Gasteiger partial charge in [-0.15, -0.1) is 0 Å². The van der Waals surface area contributed by atoms with E-state index < -0.39 is 162 Å². The van der Waals surface area contributed by atoms with Crippen LogP contribution in [0.1, 0.15) is 162 Å². The van der Waals surface area contributed by atoms with Gasteiger partial charge in [-0.3, -0.25) is 57.5 Å². The third kappa shape index (κ3) is 22.6. The van der Waals surface area contributed by atoms with Crippen LogP contribution in [0.2, 0.25) is 0 Å². The Balaban J connectivity index is 2.68. The van der Waals surface area contributed by atoms with Crippen molar-refractivity contribution >= 4 is 70.9 Å². The second-order valence-corrected chi connectivity index (χ2v) is 25.0. The molecule has 472 valence electrons. The third-order valence-electron chi connectivity index (χ3n) is 15.1. The van der Waals surface area contributed by atoms with Crippen molar-refractivity contribution < 1.29 is 62.6 Å². The van der Waals surface area contributed by atoms with Gasteiger partial charge in [0.05, 0.1) is 12.6 Å². The number of carbonyl (C=O) groups excluding carboxylic acids is 12. The van der Waals surface area contributed by atoms with E-state index in [0.717, 1.165) is 4.90 Å². The average Bonchev–Trinajstić information content (AvgIpc) is 3.94. The number of carbonyl (C=O) groups is 12. The molecule has 2 aliphatic heterocycles. The minimum absolute atomic E-state index is 0.0991. The highest BCUT2D eigenvalue weighted by Gasteiger charge is 2.44. The topological polar surface area (TPSA) is 343 Å². The maximum Gasteiger partial charge on any atom is 0.246 e. The van der Waals surface area contributed by atoms with E-state index in [1.807, 2.05) is 62.3 Å². The minimum atomic E-state index is -1.62. The molecule has 0 aromatic carbocycles. The second kappa shape index (κ2) is 33.8. The van der Waals surface area contributed by atoms with Crippen LogP contribution in [0.3, 0.4) is 0 Å². The standard InChI is InChI=1S/C58H102N12O13/c1-19-34(12)47-58(83)70-22-20-21-42(70)57(82)69(18)43(26-32(8)9)53(78)67-48(38(16)71)54(79)59-28-45(73)62-41(25-31(6)7)56(81)68(17)37(15)50(75)65-46(33(10)11)55(80)64-40(24-30(4)5)52(77)63-39(23-29(2)3)51(76)60-35(13)27-44(72)61-36(14)49(74)66-47/h29-43,46-48,71H,19-28H2,1-18H3,(H,59,79)(H,60,76)(H,61,72)(H,62,73)(H,63,77)(H,64,80)(H,65,75)(H,66,74)(H,67,78)/t34-,35-,36-,37-,38+,39-,40-,41-,42-,43-,46-,47-,48-/m0/s1. The van der Waals surface area contributed by atoms with Gasteiger partial charge in [-0.25, -0.2) is 0 Å². The molecule has 2 aliphatic rings. The van der Waals surface area contributed by atoms with Gasteiger partial charge in [0, 0.05) is 33.1 Å². The lowest BCUT2D eigenvalue weighted by Crippen LogP contribution is -2.61. The molecule has 2 saturated heterocycles. The first-order valence-corrected chi connectivity index (χ1v) is 29.7. The molecule has 0 aliphatic carbocycles. The summed E-state index contributed by atoms with van der Waals surface area (Å²) in [6, 6.07) is -12.8. The van der Waals surface area contributed by atoms with Crippen molar-refractivity contribution in [2.24, 2.45) is 35.5 Å². The first-order valence-electron chi connectivity index (χ1n) is 29.7. The van der Waals surface area contributed by atoms with E-state index in [1.54, 1.807) is 27.7 Å². The molecule has 12 amide bonds. The largest absolute Gasteiger partial charge is 0.391 e. The smallest absolute Gasteiger partial charge is 0.246 e. The van der Waals surface area contributed by atoms with Crippen molar-refractivity contribution in [2.45, 2.75) is 235 Å². The van der Waals surface area contributed by atoms with Gasteiger partial charge in [-0.2, -0.15) is 0 Å². The van der Waals surface area contributed by atoms with Crippen LogP contribution in [0.4, 0.5) is 0 Å². The summed E-state index contributed by atoms with van der Waals surface area (Å²) < 4.78 is 0. The summed E-state index contributed by atoms with van der Waals surface area (Å²) in [5, 5.41) is 34.9. The summed E-state index contributed by atoms with van der Waals surface area (Å²) in [6.45, 7) is 26.8. The summed E-state index contributed by atoms with van der Waals surface area (Å²) in [6.07, 6.45) is -0.124. The van der Waals surface area contributed by atoms with E-state index in [4.69, 9.17) is 0 Å². The van der Waals surface area contributed by atoms with Crippen molar-refractivity contribution in [3.05, 3.63) is 0 Å². The van der Waals surface area contributed by atoms with Crippen LogP contribution in [-0.4, -0.2) is 190 Å². The first-order chi connectivity index (χ1) is 38.5. The van der Waals surface area contributed by atoms with Gasteiger partial charge in [-0.1, -0.05) is 89.5 Å². The zero-order valence-electron chi connectivity index (χ0n) is 52.7. The molecule has 0 aromatic rings. The molecular weight excluding hydrogens is 1070 g/mol. The monoisotopic (exact) mass is 1170 g/mol. The van der Waals surface area contributed by atoms with Crippen LogP contribution in [0, 0.1) is 35.5 Å². The highest BCUT2D eigenvalue weighted by molar-refractivity contribution is 5.99. The number of hydrogen-bond acceptors (Lipinski definition) is 13. The Morgan fingerprint density at radius 1 is 0.494 bits per heavy atom. The fourth-order valence-corrected chi connectivity index (χ4v) is 9.97. The molecule has 13 atom stereocenters. The lowest BCUT2D eigenvalue weighted by molar-refractivity contribution is -0.149. The summed E-state index contributed by atoms with van der Waals surface area (Å²) in [4.78, 5) is 172. The Labute approximate surface area is 491 Å². The Morgan fingerprint density at radius 3 is 1.52 bits per heavy atom. The van der Waals surface area contributed by atoms with Crippen molar-refractivity contribution in [1.29, 1.82) is 0 Å².